The number of fused-ring (bicyclic) bond motifs is 4. The highest BCUT2D eigenvalue weighted by molar-refractivity contribution is 5.97. The summed E-state index contributed by atoms with van der Waals surface area (Å²) in [6, 6.07) is 8.26. The molecule has 3 heterocycles. The third kappa shape index (κ3) is 1.68. The Kier molecular flexibility index (Phi) is 2.92. The number of carbonyl (C=O) groups excluding carboxylic acids is 2. The minimum atomic E-state index is -0.502. The number of para-hydroxylation sites is 1. The predicted octanol–water partition coefficient (Wildman–Crippen LogP) is 2.39. The lowest BCUT2D eigenvalue weighted by Gasteiger charge is -2.29. The summed E-state index contributed by atoms with van der Waals surface area (Å²) < 4.78 is 5.09. The molecule has 0 spiro atoms. The molecular weight excluding hydrogens is 304 g/mol. The highest BCUT2D eigenvalue weighted by atomic mass is 16.5. The van der Waals surface area contributed by atoms with Gasteiger partial charge in [-0.3, -0.25) is 14.5 Å². The van der Waals surface area contributed by atoms with Crippen LogP contribution in [0.15, 0.2) is 24.3 Å². The van der Waals surface area contributed by atoms with Crippen molar-refractivity contribution in [3.05, 3.63) is 35.5 Å². The van der Waals surface area contributed by atoms with E-state index in [-0.39, 0.29) is 29.6 Å². The molecule has 1 N–H and O–H groups in total. The van der Waals surface area contributed by atoms with Gasteiger partial charge in [-0.2, -0.15) is 0 Å². The minimum absolute atomic E-state index is 0.00473. The molecule has 5 nitrogen and oxygen atoms in total. The Labute approximate surface area is 140 Å². The molecule has 24 heavy (non-hydrogen) atoms. The lowest BCUT2D eigenvalue weighted by atomic mass is 9.81. The number of hydrogen-bond acceptors (Lipinski definition) is 4. The number of rotatable bonds is 1. The maximum Gasteiger partial charge on any atom is 0.315 e. The van der Waals surface area contributed by atoms with Crippen molar-refractivity contribution in [2.45, 2.75) is 24.8 Å². The van der Waals surface area contributed by atoms with Crippen molar-refractivity contribution < 1.29 is 14.3 Å². The number of aromatic nitrogens is 1. The Morgan fingerprint density at radius 1 is 1.21 bits per heavy atom. The molecule has 2 saturated heterocycles. The summed E-state index contributed by atoms with van der Waals surface area (Å²) in [5, 5.41) is 1.14. The summed E-state index contributed by atoms with van der Waals surface area (Å²) in [6.07, 6.45) is 1.63. The molecule has 4 bridgehead atoms. The number of carbonyl (C=O) groups is 2. The number of methoxy groups -OCH3 is 1. The number of aromatic amines is 1. The zero-order valence-corrected chi connectivity index (χ0v) is 13.6. The van der Waals surface area contributed by atoms with E-state index in [9.17, 15) is 9.59 Å². The van der Waals surface area contributed by atoms with E-state index in [4.69, 9.17) is 4.74 Å². The molecule has 0 radical (unpaired) electrons. The molecule has 5 heteroatoms. The van der Waals surface area contributed by atoms with E-state index < -0.39 is 5.92 Å². The van der Waals surface area contributed by atoms with Gasteiger partial charge in [0.15, 0.2) is 0 Å². The van der Waals surface area contributed by atoms with Gasteiger partial charge >= 0.3 is 5.97 Å². The quantitative estimate of drug-likeness (QED) is 0.818. The van der Waals surface area contributed by atoms with Crippen molar-refractivity contribution in [3.63, 3.8) is 0 Å². The Morgan fingerprint density at radius 2 is 1.96 bits per heavy atom. The van der Waals surface area contributed by atoms with E-state index in [1.54, 1.807) is 0 Å². The molecule has 0 amide bonds. The van der Waals surface area contributed by atoms with Gasteiger partial charge in [-0.05, 0) is 37.6 Å². The van der Waals surface area contributed by atoms with Gasteiger partial charge in [-0.1, -0.05) is 18.2 Å². The van der Waals surface area contributed by atoms with Gasteiger partial charge in [-0.25, -0.2) is 0 Å². The van der Waals surface area contributed by atoms with Crippen molar-refractivity contribution in [2.75, 3.05) is 20.2 Å². The Morgan fingerprint density at radius 3 is 2.75 bits per heavy atom. The van der Waals surface area contributed by atoms with Crippen LogP contribution in [-0.2, 0) is 14.3 Å². The van der Waals surface area contributed by atoms with Gasteiger partial charge in [-0.15, -0.1) is 0 Å². The second kappa shape index (κ2) is 4.93. The van der Waals surface area contributed by atoms with Crippen LogP contribution < -0.4 is 0 Å². The number of nitrogens with zero attached hydrogens (tertiary/aromatic N) is 1. The van der Waals surface area contributed by atoms with Gasteiger partial charge in [0, 0.05) is 34.5 Å². The van der Waals surface area contributed by atoms with Crippen LogP contribution in [0.2, 0.25) is 0 Å². The molecule has 5 atom stereocenters. The van der Waals surface area contributed by atoms with Gasteiger partial charge < -0.3 is 9.72 Å². The lowest BCUT2D eigenvalue weighted by molar-refractivity contribution is -0.146. The van der Waals surface area contributed by atoms with Gasteiger partial charge in [0.2, 0.25) is 0 Å². The fourth-order valence-corrected chi connectivity index (χ4v) is 5.20. The van der Waals surface area contributed by atoms with Crippen LogP contribution in [0.5, 0.6) is 0 Å². The molecule has 124 valence electrons. The fourth-order valence-electron chi connectivity index (χ4n) is 5.20. The molecular formula is C19H20N2O3. The van der Waals surface area contributed by atoms with Crippen molar-refractivity contribution in [1.82, 2.24) is 9.88 Å². The average molecular weight is 324 g/mol. The summed E-state index contributed by atoms with van der Waals surface area (Å²) in [5.41, 5.74) is 3.09. The summed E-state index contributed by atoms with van der Waals surface area (Å²) in [4.78, 5) is 31.7. The van der Waals surface area contributed by atoms with Crippen LogP contribution in [-0.4, -0.2) is 41.8 Å². The van der Waals surface area contributed by atoms with Crippen LogP contribution in [0.25, 0.3) is 10.9 Å². The van der Waals surface area contributed by atoms with Gasteiger partial charge in [0.1, 0.15) is 11.7 Å². The number of nitrogens with one attached hydrogen (secondary N) is 1. The lowest BCUT2D eigenvalue weighted by Crippen LogP contribution is -2.33. The topological polar surface area (TPSA) is 62.4 Å². The normalized spacial score (nSPS) is 34.0. The molecule has 1 aromatic carbocycles. The first-order valence-electron chi connectivity index (χ1n) is 8.67. The van der Waals surface area contributed by atoms with E-state index in [0.717, 1.165) is 48.1 Å². The zero-order chi connectivity index (χ0) is 16.4. The Hall–Kier alpha value is -2.14. The molecule has 5 rings (SSSR count). The second-order valence-electron chi connectivity index (χ2n) is 7.17. The number of Topliss-reactive ketones (excluding diaryl/α,β-unsaturated/α-hetero) is 1. The van der Waals surface area contributed by atoms with E-state index in [0.29, 0.717) is 0 Å². The van der Waals surface area contributed by atoms with Crippen LogP contribution in [0, 0.1) is 11.8 Å². The molecule has 0 saturated carbocycles. The molecule has 1 aliphatic carbocycles. The van der Waals surface area contributed by atoms with E-state index >= 15 is 0 Å². The van der Waals surface area contributed by atoms with Crippen molar-refractivity contribution in [2.24, 2.45) is 11.8 Å². The third-order valence-electron chi connectivity index (χ3n) is 6.20. The van der Waals surface area contributed by atoms with Gasteiger partial charge in [0.25, 0.3) is 0 Å². The smallest absolute Gasteiger partial charge is 0.315 e. The Balaban J connectivity index is 1.84. The average Bonchev–Trinajstić information content (AvgIpc) is 3.09. The van der Waals surface area contributed by atoms with Crippen molar-refractivity contribution in [1.29, 1.82) is 0 Å². The third-order valence-corrected chi connectivity index (χ3v) is 6.20. The maximum atomic E-state index is 13.2. The van der Waals surface area contributed by atoms with Crippen molar-refractivity contribution in [3.8, 4) is 0 Å². The summed E-state index contributed by atoms with van der Waals surface area (Å²) in [7, 11) is 1.41. The number of ketones is 1. The highest BCUT2D eigenvalue weighted by Crippen LogP contribution is 2.52. The second-order valence-corrected chi connectivity index (χ2v) is 7.17. The molecule has 3 aliphatic rings. The highest BCUT2D eigenvalue weighted by Gasteiger charge is 2.53. The standard InChI is InChI=1S/C19H20N2O3/c1-24-19(23)15-11-6-8-21-9-7-12(18(11)22)17(21)14-10-4-2-3-5-13(10)20-16(14)15/h2-5,11-12,15,17,20H,6-9H2,1H3. The summed E-state index contributed by atoms with van der Waals surface area (Å²) in [6.45, 7) is 1.85. The molecule has 2 aliphatic heterocycles. The largest absolute Gasteiger partial charge is 0.468 e. The number of H-pyrrole nitrogens is 1. The number of esters is 1. The van der Waals surface area contributed by atoms with Gasteiger partial charge in [0.05, 0.1) is 7.11 Å². The number of hydrogen-bond donors (Lipinski definition) is 1. The molecule has 5 unspecified atom stereocenters. The maximum absolute atomic E-state index is 13.2. The zero-order valence-electron chi connectivity index (χ0n) is 13.6. The van der Waals surface area contributed by atoms with Crippen LogP contribution >= 0.6 is 0 Å². The first-order chi connectivity index (χ1) is 11.7. The first-order valence-corrected chi connectivity index (χ1v) is 8.67. The molecule has 1 aromatic heterocycles. The SMILES string of the molecule is COC(=O)C1c2[nH]c3ccccc3c2C2C3CCN2CCC1C3=O. The fraction of sp³-hybridized carbons (Fsp3) is 0.474. The van der Waals surface area contributed by atoms with Crippen LogP contribution in [0.1, 0.15) is 36.1 Å². The monoisotopic (exact) mass is 324 g/mol. The summed E-state index contributed by atoms with van der Waals surface area (Å²) >= 11 is 0. The van der Waals surface area contributed by atoms with E-state index in [1.807, 2.05) is 18.2 Å². The Bertz CT molecular complexity index is 855. The van der Waals surface area contributed by atoms with Crippen molar-refractivity contribution >= 4 is 22.7 Å². The number of ether oxygens (including phenoxy) is 1. The van der Waals surface area contributed by atoms with Crippen LogP contribution in [0.4, 0.5) is 0 Å². The van der Waals surface area contributed by atoms with E-state index in [2.05, 4.69) is 16.0 Å². The first kappa shape index (κ1) is 14.2. The predicted molar refractivity (Wildman–Crippen MR) is 88.6 cm³/mol. The molecule has 2 aromatic rings. The minimum Gasteiger partial charge on any atom is -0.468 e. The summed E-state index contributed by atoms with van der Waals surface area (Å²) in [5.74, 6) is -0.814. The number of benzene rings is 1. The van der Waals surface area contributed by atoms with Crippen LogP contribution in [0.3, 0.4) is 0 Å². The molecule has 2 fully saturated rings. The van der Waals surface area contributed by atoms with E-state index in [1.165, 1.54) is 7.11 Å².